The van der Waals surface area contributed by atoms with E-state index < -0.39 is 0 Å². The van der Waals surface area contributed by atoms with Crippen molar-refractivity contribution in [3.8, 4) is 0 Å². The Kier molecular flexibility index (Phi) is 4.88. The van der Waals surface area contributed by atoms with E-state index in [9.17, 15) is 0 Å². The van der Waals surface area contributed by atoms with E-state index in [0.717, 1.165) is 52.0 Å². The first-order valence-corrected chi connectivity index (χ1v) is 8.18. The van der Waals surface area contributed by atoms with Crippen LogP contribution >= 0.6 is 0 Å². The van der Waals surface area contributed by atoms with Gasteiger partial charge in [0.25, 0.3) is 0 Å². The van der Waals surface area contributed by atoms with E-state index in [0.29, 0.717) is 12.0 Å². The quantitative estimate of drug-likeness (QED) is 0.905. The Balaban J connectivity index is 1.75. The molecule has 1 aromatic heterocycles. The van der Waals surface area contributed by atoms with Crippen molar-refractivity contribution in [2.45, 2.75) is 44.2 Å². The molecule has 3 unspecified atom stereocenters. The molecular weight excluding hydrogens is 264 g/mol. The fourth-order valence-corrected chi connectivity index (χ4v) is 3.64. The minimum atomic E-state index is -0.0257. The van der Waals surface area contributed by atoms with E-state index in [1.54, 1.807) is 0 Å². The van der Waals surface area contributed by atoms with Crippen molar-refractivity contribution in [3.05, 3.63) is 30.1 Å². The topological polar surface area (TPSA) is 43.4 Å². The molecule has 4 heteroatoms. The zero-order valence-electron chi connectivity index (χ0n) is 12.9. The Labute approximate surface area is 127 Å². The molecule has 2 fully saturated rings. The Hall–Kier alpha value is -0.970. The van der Waals surface area contributed by atoms with Gasteiger partial charge in [-0.15, -0.1) is 0 Å². The molecule has 3 heterocycles. The van der Waals surface area contributed by atoms with Gasteiger partial charge in [-0.3, -0.25) is 4.98 Å². The van der Waals surface area contributed by atoms with Crippen LogP contribution < -0.4 is 5.32 Å². The largest absolute Gasteiger partial charge is 0.378 e. The minimum Gasteiger partial charge on any atom is -0.378 e. The second-order valence-electron chi connectivity index (χ2n) is 6.30. The van der Waals surface area contributed by atoms with Gasteiger partial charge in [0.2, 0.25) is 0 Å². The standard InChI is InChI=1S/C17H26N2O2/c1-2-7-19-16(14-3-8-18-9-4-14)15-5-10-21-17(12-15)6-11-20-13-17/h3-4,8-9,15-16,19H,2,5-7,10-13H2,1H3. The van der Waals surface area contributed by atoms with Crippen molar-refractivity contribution < 1.29 is 9.47 Å². The second kappa shape index (κ2) is 6.86. The van der Waals surface area contributed by atoms with Crippen LogP contribution in [0, 0.1) is 5.92 Å². The Morgan fingerprint density at radius 1 is 1.38 bits per heavy atom. The number of hydrogen-bond donors (Lipinski definition) is 1. The van der Waals surface area contributed by atoms with Crippen molar-refractivity contribution in [1.29, 1.82) is 0 Å². The molecule has 0 aromatic carbocycles. The van der Waals surface area contributed by atoms with Crippen LogP contribution in [0.25, 0.3) is 0 Å². The van der Waals surface area contributed by atoms with Crippen molar-refractivity contribution in [3.63, 3.8) is 0 Å². The number of rotatable bonds is 5. The van der Waals surface area contributed by atoms with Crippen molar-refractivity contribution in [1.82, 2.24) is 10.3 Å². The number of pyridine rings is 1. The van der Waals surface area contributed by atoms with E-state index >= 15 is 0 Å². The molecule has 3 rings (SSSR count). The Morgan fingerprint density at radius 3 is 2.95 bits per heavy atom. The first-order chi connectivity index (χ1) is 10.3. The minimum absolute atomic E-state index is 0.0257. The molecule has 2 saturated heterocycles. The summed E-state index contributed by atoms with van der Waals surface area (Å²) in [7, 11) is 0. The third kappa shape index (κ3) is 3.44. The Bertz CT molecular complexity index is 432. The lowest BCUT2D eigenvalue weighted by Crippen LogP contribution is -2.44. The molecule has 0 radical (unpaired) electrons. The van der Waals surface area contributed by atoms with Crippen LogP contribution in [-0.2, 0) is 9.47 Å². The molecule has 0 aliphatic carbocycles. The number of nitrogens with one attached hydrogen (secondary N) is 1. The van der Waals surface area contributed by atoms with E-state index in [2.05, 4.69) is 29.4 Å². The maximum absolute atomic E-state index is 6.08. The van der Waals surface area contributed by atoms with Gasteiger partial charge in [-0.1, -0.05) is 6.92 Å². The molecule has 4 nitrogen and oxygen atoms in total. The molecular formula is C17H26N2O2. The molecule has 2 aliphatic rings. The Morgan fingerprint density at radius 2 is 2.24 bits per heavy atom. The first-order valence-electron chi connectivity index (χ1n) is 8.18. The van der Waals surface area contributed by atoms with Gasteiger partial charge in [0, 0.05) is 38.1 Å². The maximum atomic E-state index is 6.08. The maximum Gasteiger partial charge on any atom is 0.0940 e. The highest BCUT2D eigenvalue weighted by Crippen LogP contribution is 2.40. The SMILES string of the molecule is CCCNC(c1ccncc1)C1CCOC2(CCOC2)C1. The molecule has 21 heavy (non-hydrogen) atoms. The average Bonchev–Trinajstić information content (AvgIpc) is 2.97. The molecule has 116 valence electrons. The van der Waals surface area contributed by atoms with Gasteiger partial charge in [0.05, 0.1) is 12.2 Å². The zero-order chi connectivity index (χ0) is 14.5. The van der Waals surface area contributed by atoms with Crippen LogP contribution in [0.4, 0.5) is 0 Å². The van der Waals surface area contributed by atoms with Crippen molar-refractivity contribution >= 4 is 0 Å². The number of aromatic nitrogens is 1. The van der Waals surface area contributed by atoms with E-state index in [-0.39, 0.29) is 5.60 Å². The highest BCUT2D eigenvalue weighted by molar-refractivity contribution is 5.17. The van der Waals surface area contributed by atoms with Crippen LogP contribution in [0.15, 0.2) is 24.5 Å². The predicted octanol–water partition coefficient (Wildman–Crippen LogP) is 2.71. The van der Waals surface area contributed by atoms with E-state index in [1.165, 1.54) is 5.56 Å². The summed E-state index contributed by atoms with van der Waals surface area (Å²) in [6, 6.07) is 4.68. The summed E-state index contributed by atoms with van der Waals surface area (Å²) in [5, 5.41) is 3.74. The van der Waals surface area contributed by atoms with Gasteiger partial charge in [0.15, 0.2) is 0 Å². The van der Waals surface area contributed by atoms with Gasteiger partial charge < -0.3 is 14.8 Å². The van der Waals surface area contributed by atoms with Crippen LogP contribution in [0.2, 0.25) is 0 Å². The normalized spacial score (nSPS) is 30.6. The fraction of sp³-hybridized carbons (Fsp3) is 0.706. The van der Waals surface area contributed by atoms with Gasteiger partial charge >= 0.3 is 0 Å². The zero-order valence-corrected chi connectivity index (χ0v) is 12.9. The molecule has 2 aliphatic heterocycles. The molecule has 0 saturated carbocycles. The van der Waals surface area contributed by atoms with Crippen LogP contribution in [0.5, 0.6) is 0 Å². The lowest BCUT2D eigenvalue weighted by Gasteiger charge is -2.40. The average molecular weight is 290 g/mol. The molecule has 1 N–H and O–H groups in total. The molecule has 1 spiro atoms. The molecule has 0 amide bonds. The van der Waals surface area contributed by atoms with Crippen LogP contribution in [-0.4, -0.2) is 37.0 Å². The third-order valence-electron chi connectivity index (χ3n) is 4.75. The monoisotopic (exact) mass is 290 g/mol. The number of hydrogen-bond acceptors (Lipinski definition) is 4. The van der Waals surface area contributed by atoms with Gasteiger partial charge in [-0.05, 0) is 49.4 Å². The van der Waals surface area contributed by atoms with E-state index in [1.807, 2.05) is 12.4 Å². The summed E-state index contributed by atoms with van der Waals surface area (Å²) >= 11 is 0. The summed E-state index contributed by atoms with van der Waals surface area (Å²) in [4.78, 5) is 4.15. The smallest absolute Gasteiger partial charge is 0.0940 e. The summed E-state index contributed by atoms with van der Waals surface area (Å²) in [5.74, 6) is 0.606. The number of nitrogens with zero attached hydrogens (tertiary/aromatic N) is 1. The van der Waals surface area contributed by atoms with Crippen molar-refractivity contribution in [2.24, 2.45) is 5.92 Å². The highest BCUT2D eigenvalue weighted by Gasteiger charge is 2.43. The summed E-state index contributed by atoms with van der Waals surface area (Å²) in [6.07, 6.45) is 8.19. The molecule has 0 bridgehead atoms. The lowest BCUT2D eigenvalue weighted by atomic mass is 9.79. The van der Waals surface area contributed by atoms with Gasteiger partial charge in [-0.2, -0.15) is 0 Å². The fourth-order valence-electron chi connectivity index (χ4n) is 3.64. The highest BCUT2D eigenvalue weighted by atomic mass is 16.6. The van der Waals surface area contributed by atoms with Crippen molar-refractivity contribution in [2.75, 3.05) is 26.4 Å². The van der Waals surface area contributed by atoms with Gasteiger partial charge in [-0.25, -0.2) is 0 Å². The number of ether oxygens (including phenoxy) is 2. The molecule has 1 aromatic rings. The van der Waals surface area contributed by atoms with Crippen LogP contribution in [0.3, 0.4) is 0 Å². The second-order valence-corrected chi connectivity index (χ2v) is 6.30. The summed E-state index contributed by atoms with van der Waals surface area (Å²) < 4.78 is 11.7. The van der Waals surface area contributed by atoms with Gasteiger partial charge in [0.1, 0.15) is 0 Å². The molecule has 3 atom stereocenters. The summed E-state index contributed by atoms with van der Waals surface area (Å²) in [6.45, 7) is 5.72. The predicted molar refractivity (Wildman–Crippen MR) is 82.1 cm³/mol. The van der Waals surface area contributed by atoms with E-state index in [4.69, 9.17) is 9.47 Å². The first kappa shape index (κ1) is 14.9. The van der Waals surface area contributed by atoms with Crippen LogP contribution in [0.1, 0.15) is 44.2 Å². The summed E-state index contributed by atoms with van der Waals surface area (Å²) in [5.41, 5.74) is 1.32. The lowest BCUT2D eigenvalue weighted by molar-refractivity contribution is -0.103. The third-order valence-corrected chi connectivity index (χ3v) is 4.75.